The fraction of sp³-hybridized carbons (Fsp3) is 0. The van der Waals surface area contributed by atoms with E-state index in [4.69, 9.17) is 11.6 Å². The number of halogens is 1. The molecule has 0 unspecified atom stereocenters. The number of thiazole rings is 1. The zero-order chi connectivity index (χ0) is 11.8. The fourth-order valence-electron chi connectivity index (χ4n) is 1.59. The molecule has 0 bridgehead atoms. The molecule has 2 aromatic heterocycles. The van der Waals surface area contributed by atoms with Crippen LogP contribution in [0.3, 0.4) is 0 Å². The molecule has 0 atom stereocenters. The monoisotopic (exact) mass is 263 g/mol. The van der Waals surface area contributed by atoms with Crippen LogP contribution < -0.4 is 0 Å². The third kappa shape index (κ3) is 1.64. The van der Waals surface area contributed by atoms with Crippen molar-refractivity contribution < 1.29 is 4.79 Å². The average Bonchev–Trinajstić information content (AvgIpc) is 2.92. The smallest absolute Gasteiger partial charge is 0.197 e. The quantitative estimate of drug-likeness (QED) is 0.668. The molecular formula is C11H6ClN3OS. The lowest BCUT2D eigenvalue weighted by molar-refractivity contribution is 0.112. The number of carbonyl (C=O) groups excluding carboxylic acids is 1. The van der Waals surface area contributed by atoms with Gasteiger partial charge in [0.05, 0.1) is 11.0 Å². The lowest BCUT2D eigenvalue weighted by Crippen LogP contribution is -1.89. The Bertz CT molecular complexity index is 704. The van der Waals surface area contributed by atoms with Gasteiger partial charge in [-0.1, -0.05) is 35.1 Å². The summed E-state index contributed by atoms with van der Waals surface area (Å²) < 4.78 is 1.82. The lowest BCUT2D eigenvalue weighted by Gasteiger charge is -1.96. The first kappa shape index (κ1) is 10.4. The second-order valence-electron chi connectivity index (χ2n) is 3.37. The molecule has 0 aliphatic rings. The molecule has 0 saturated heterocycles. The van der Waals surface area contributed by atoms with Crippen LogP contribution in [0.1, 0.15) is 9.67 Å². The zero-order valence-electron chi connectivity index (χ0n) is 8.50. The second-order valence-corrected chi connectivity index (χ2v) is 4.74. The molecule has 6 heteroatoms. The SMILES string of the molecule is O=Cc1sc(-n2cnc3ccccc32)nc1Cl. The first-order valence-electron chi connectivity index (χ1n) is 4.83. The Labute approximate surface area is 105 Å². The molecule has 0 aliphatic carbocycles. The molecule has 3 rings (SSSR count). The van der Waals surface area contributed by atoms with Crippen LogP contribution in [0.4, 0.5) is 0 Å². The van der Waals surface area contributed by atoms with Crippen LogP contribution in [0.25, 0.3) is 16.2 Å². The second kappa shape index (κ2) is 3.94. The molecule has 1 aromatic carbocycles. The molecule has 0 N–H and O–H groups in total. The molecule has 4 nitrogen and oxygen atoms in total. The molecule has 2 heterocycles. The number of fused-ring (bicyclic) bond motifs is 1. The summed E-state index contributed by atoms with van der Waals surface area (Å²) in [6.07, 6.45) is 2.39. The van der Waals surface area contributed by atoms with E-state index in [0.29, 0.717) is 16.3 Å². The van der Waals surface area contributed by atoms with E-state index in [-0.39, 0.29) is 5.15 Å². The molecule has 0 radical (unpaired) electrons. The molecule has 3 aromatic rings. The van der Waals surface area contributed by atoms with Crippen molar-refractivity contribution in [3.63, 3.8) is 0 Å². The normalized spacial score (nSPS) is 10.9. The van der Waals surface area contributed by atoms with Gasteiger partial charge in [0.2, 0.25) is 0 Å². The topological polar surface area (TPSA) is 47.8 Å². The van der Waals surface area contributed by atoms with Gasteiger partial charge in [-0.2, -0.15) is 0 Å². The van der Waals surface area contributed by atoms with Crippen molar-refractivity contribution in [2.24, 2.45) is 0 Å². The predicted octanol–water partition coefficient (Wildman–Crippen LogP) is 2.95. The highest BCUT2D eigenvalue weighted by atomic mass is 35.5. The van der Waals surface area contributed by atoms with E-state index < -0.39 is 0 Å². The third-order valence-corrected chi connectivity index (χ3v) is 3.75. The van der Waals surface area contributed by atoms with Crippen LogP contribution in [0.2, 0.25) is 5.15 Å². The maximum atomic E-state index is 10.7. The van der Waals surface area contributed by atoms with Gasteiger partial charge in [0, 0.05) is 0 Å². The number of aldehydes is 1. The summed E-state index contributed by atoms with van der Waals surface area (Å²) in [6, 6.07) is 7.71. The molecule has 0 aliphatic heterocycles. The van der Waals surface area contributed by atoms with Crippen molar-refractivity contribution in [3.05, 3.63) is 40.6 Å². The summed E-state index contributed by atoms with van der Waals surface area (Å²) >= 11 is 7.09. The molecule has 0 saturated carbocycles. The first-order valence-corrected chi connectivity index (χ1v) is 6.03. The van der Waals surface area contributed by atoms with Gasteiger partial charge in [0.15, 0.2) is 16.6 Å². The summed E-state index contributed by atoms with van der Waals surface area (Å²) in [6.45, 7) is 0. The van der Waals surface area contributed by atoms with Gasteiger partial charge in [-0.25, -0.2) is 9.97 Å². The van der Waals surface area contributed by atoms with Crippen molar-refractivity contribution in [1.82, 2.24) is 14.5 Å². The van der Waals surface area contributed by atoms with E-state index in [1.54, 1.807) is 6.33 Å². The number of carbonyl (C=O) groups is 1. The third-order valence-electron chi connectivity index (χ3n) is 2.37. The van der Waals surface area contributed by atoms with Crippen molar-refractivity contribution in [3.8, 4) is 5.13 Å². The number of nitrogens with zero attached hydrogens (tertiary/aromatic N) is 3. The Morgan fingerprint density at radius 1 is 1.35 bits per heavy atom. The zero-order valence-corrected chi connectivity index (χ0v) is 10.1. The standard InChI is InChI=1S/C11H6ClN3OS/c12-10-9(5-16)17-11(14-10)15-6-13-7-3-1-2-4-8(7)15/h1-6H. The van der Waals surface area contributed by atoms with Crippen molar-refractivity contribution in [1.29, 1.82) is 0 Å². The van der Waals surface area contributed by atoms with Gasteiger partial charge in [-0.15, -0.1) is 0 Å². The lowest BCUT2D eigenvalue weighted by atomic mass is 10.3. The van der Waals surface area contributed by atoms with Gasteiger partial charge in [0.1, 0.15) is 11.2 Å². The molecule has 0 amide bonds. The van der Waals surface area contributed by atoms with Gasteiger partial charge in [0.25, 0.3) is 0 Å². The highest BCUT2D eigenvalue weighted by Gasteiger charge is 2.12. The molecule has 0 fully saturated rings. The minimum absolute atomic E-state index is 0.234. The Morgan fingerprint density at radius 2 is 2.18 bits per heavy atom. The molecule has 17 heavy (non-hydrogen) atoms. The number of hydrogen-bond acceptors (Lipinski definition) is 4. The van der Waals surface area contributed by atoms with Gasteiger partial charge >= 0.3 is 0 Å². The number of rotatable bonds is 2. The predicted molar refractivity (Wildman–Crippen MR) is 67.1 cm³/mol. The van der Waals surface area contributed by atoms with Crippen molar-refractivity contribution in [2.75, 3.05) is 0 Å². The minimum Gasteiger partial charge on any atom is -0.297 e. The first-order chi connectivity index (χ1) is 8.29. The van der Waals surface area contributed by atoms with Crippen molar-refractivity contribution >= 4 is 40.3 Å². The summed E-state index contributed by atoms with van der Waals surface area (Å²) in [5.74, 6) is 0. The van der Waals surface area contributed by atoms with Gasteiger partial charge < -0.3 is 0 Å². The van der Waals surface area contributed by atoms with E-state index in [0.717, 1.165) is 11.0 Å². The minimum atomic E-state index is 0.234. The number of benzene rings is 1. The molecule has 0 spiro atoms. The van der Waals surface area contributed by atoms with E-state index in [2.05, 4.69) is 9.97 Å². The summed E-state index contributed by atoms with van der Waals surface area (Å²) in [7, 11) is 0. The van der Waals surface area contributed by atoms with Crippen LogP contribution in [-0.2, 0) is 0 Å². The van der Waals surface area contributed by atoms with Crippen LogP contribution in [0, 0.1) is 0 Å². The van der Waals surface area contributed by atoms with E-state index in [9.17, 15) is 4.79 Å². The largest absolute Gasteiger partial charge is 0.297 e. The summed E-state index contributed by atoms with van der Waals surface area (Å²) in [4.78, 5) is 19.6. The van der Waals surface area contributed by atoms with E-state index in [1.165, 1.54) is 11.3 Å². The Morgan fingerprint density at radius 3 is 2.94 bits per heavy atom. The number of hydrogen-bond donors (Lipinski definition) is 0. The highest BCUT2D eigenvalue weighted by Crippen LogP contribution is 2.26. The Kier molecular flexibility index (Phi) is 2.42. The number of para-hydroxylation sites is 2. The molecular weight excluding hydrogens is 258 g/mol. The van der Waals surface area contributed by atoms with Gasteiger partial charge in [-0.3, -0.25) is 9.36 Å². The number of aromatic nitrogens is 3. The Balaban J connectivity index is 2.23. The van der Waals surface area contributed by atoms with Crippen LogP contribution in [0.15, 0.2) is 30.6 Å². The fourth-order valence-corrected chi connectivity index (χ4v) is 2.64. The maximum Gasteiger partial charge on any atom is 0.197 e. The molecule has 84 valence electrons. The van der Waals surface area contributed by atoms with E-state index >= 15 is 0 Å². The summed E-state index contributed by atoms with van der Waals surface area (Å²) in [5, 5.41) is 0.878. The summed E-state index contributed by atoms with van der Waals surface area (Å²) in [5.41, 5.74) is 1.82. The van der Waals surface area contributed by atoms with E-state index in [1.807, 2.05) is 28.8 Å². The van der Waals surface area contributed by atoms with Crippen LogP contribution in [-0.4, -0.2) is 20.8 Å². The number of imidazole rings is 1. The average molecular weight is 264 g/mol. The van der Waals surface area contributed by atoms with Crippen LogP contribution in [0.5, 0.6) is 0 Å². The van der Waals surface area contributed by atoms with Crippen LogP contribution >= 0.6 is 22.9 Å². The maximum absolute atomic E-state index is 10.7. The highest BCUT2D eigenvalue weighted by molar-refractivity contribution is 7.16. The van der Waals surface area contributed by atoms with Gasteiger partial charge in [-0.05, 0) is 12.1 Å². The van der Waals surface area contributed by atoms with Crippen molar-refractivity contribution in [2.45, 2.75) is 0 Å². The Hall–Kier alpha value is -1.72.